The van der Waals surface area contributed by atoms with E-state index < -0.39 is 0 Å². The average molecular weight is 302 g/mol. The Kier molecular flexibility index (Phi) is 6.14. The predicted molar refractivity (Wildman–Crippen MR) is 91.3 cm³/mol. The van der Waals surface area contributed by atoms with E-state index in [1.54, 1.807) is 0 Å². The summed E-state index contributed by atoms with van der Waals surface area (Å²) >= 11 is 2.00. The predicted octanol–water partition coefficient (Wildman–Crippen LogP) is 4.29. The van der Waals surface area contributed by atoms with Crippen molar-refractivity contribution < 1.29 is 0 Å². The normalized spacial score (nSPS) is 24.9. The highest BCUT2D eigenvalue weighted by Crippen LogP contribution is 2.38. The molecule has 1 aliphatic rings. The van der Waals surface area contributed by atoms with Gasteiger partial charge in [0.15, 0.2) is 0 Å². The first kappa shape index (κ1) is 16.4. The van der Waals surface area contributed by atoms with E-state index >= 15 is 0 Å². The van der Waals surface area contributed by atoms with Gasteiger partial charge in [-0.05, 0) is 55.5 Å². The maximum atomic E-state index is 9.57. The van der Waals surface area contributed by atoms with Crippen LogP contribution in [0.25, 0.3) is 0 Å². The van der Waals surface area contributed by atoms with Crippen molar-refractivity contribution in [1.29, 1.82) is 5.26 Å². The van der Waals surface area contributed by atoms with Crippen LogP contribution in [0.5, 0.6) is 0 Å². The van der Waals surface area contributed by atoms with E-state index in [1.807, 2.05) is 11.8 Å². The maximum absolute atomic E-state index is 9.57. The summed E-state index contributed by atoms with van der Waals surface area (Å²) in [6.45, 7) is 5.17. The molecular formula is C18H26N2S. The van der Waals surface area contributed by atoms with Gasteiger partial charge in [0.1, 0.15) is 5.54 Å². The molecule has 2 rings (SSSR count). The minimum absolute atomic E-state index is 0.252. The lowest BCUT2D eigenvalue weighted by Crippen LogP contribution is -2.47. The molecular weight excluding hydrogens is 276 g/mol. The third-order valence-electron chi connectivity index (χ3n) is 4.64. The number of hydrogen-bond acceptors (Lipinski definition) is 3. The van der Waals surface area contributed by atoms with Crippen molar-refractivity contribution in [3.63, 3.8) is 0 Å². The summed E-state index contributed by atoms with van der Waals surface area (Å²) < 4.78 is 0. The fraction of sp³-hybridized carbons (Fsp3) is 0.611. The summed E-state index contributed by atoms with van der Waals surface area (Å²) in [4.78, 5) is 0. The van der Waals surface area contributed by atoms with E-state index in [2.05, 4.69) is 49.5 Å². The second-order valence-electron chi connectivity index (χ2n) is 5.97. The Labute approximate surface area is 133 Å². The van der Waals surface area contributed by atoms with Crippen molar-refractivity contribution in [2.45, 2.75) is 50.8 Å². The molecule has 1 saturated carbocycles. The molecule has 2 nitrogen and oxygen atoms in total. The van der Waals surface area contributed by atoms with Crippen molar-refractivity contribution >= 4 is 11.8 Å². The van der Waals surface area contributed by atoms with E-state index in [4.69, 9.17) is 0 Å². The van der Waals surface area contributed by atoms with Crippen LogP contribution < -0.4 is 5.32 Å². The second-order valence-corrected chi connectivity index (χ2v) is 7.08. The van der Waals surface area contributed by atoms with E-state index in [1.165, 1.54) is 24.0 Å². The summed E-state index contributed by atoms with van der Waals surface area (Å²) in [6, 6.07) is 11.2. The van der Waals surface area contributed by atoms with Gasteiger partial charge in [-0.2, -0.15) is 17.0 Å². The van der Waals surface area contributed by atoms with Crippen LogP contribution in [0.3, 0.4) is 0 Å². The van der Waals surface area contributed by atoms with Crippen LogP contribution in [0.4, 0.5) is 0 Å². The number of aryl methyl sites for hydroxylation is 1. The van der Waals surface area contributed by atoms with Crippen molar-refractivity contribution in [1.82, 2.24) is 5.32 Å². The molecule has 0 aliphatic heterocycles. The van der Waals surface area contributed by atoms with Gasteiger partial charge in [0, 0.05) is 5.75 Å². The van der Waals surface area contributed by atoms with Crippen molar-refractivity contribution in [2.24, 2.45) is 5.92 Å². The SMILES string of the molecule is CCNC1(C#N)CCCC1CCSCc1ccccc1C. The topological polar surface area (TPSA) is 35.8 Å². The van der Waals surface area contributed by atoms with Gasteiger partial charge >= 0.3 is 0 Å². The lowest BCUT2D eigenvalue weighted by Gasteiger charge is -2.29. The molecule has 0 amide bonds. The smallest absolute Gasteiger partial charge is 0.109 e. The highest BCUT2D eigenvalue weighted by Gasteiger charge is 2.41. The molecule has 0 bridgehead atoms. The summed E-state index contributed by atoms with van der Waals surface area (Å²) in [5, 5.41) is 13.0. The summed E-state index contributed by atoms with van der Waals surface area (Å²) in [7, 11) is 0. The molecule has 0 radical (unpaired) electrons. The van der Waals surface area contributed by atoms with E-state index in [9.17, 15) is 5.26 Å². The monoisotopic (exact) mass is 302 g/mol. The Bertz CT molecular complexity index is 494. The number of thioether (sulfide) groups is 1. The fourth-order valence-corrected chi connectivity index (χ4v) is 4.52. The Morgan fingerprint density at radius 2 is 2.24 bits per heavy atom. The first-order chi connectivity index (χ1) is 10.2. The molecule has 2 atom stereocenters. The quantitative estimate of drug-likeness (QED) is 0.763. The Morgan fingerprint density at radius 3 is 2.95 bits per heavy atom. The van der Waals surface area contributed by atoms with E-state index in [0.717, 1.165) is 30.9 Å². The zero-order valence-electron chi connectivity index (χ0n) is 13.2. The van der Waals surface area contributed by atoms with Crippen LogP contribution in [0.15, 0.2) is 24.3 Å². The van der Waals surface area contributed by atoms with Gasteiger partial charge in [-0.1, -0.05) is 37.6 Å². The first-order valence-electron chi connectivity index (χ1n) is 8.00. The molecule has 21 heavy (non-hydrogen) atoms. The van der Waals surface area contributed by atoms with Crippen LogP contribution in [0, 0.1) is 24.2 Å². The molecule has 1 fully saturated rings. The zero-order chi connectivity index (χ0) is 15.1. The van der Waals surface area contributed by atoms with Gasteiger partial charge < -0.3 is 0 Å². The van der Waals surface area contributed by atoms with Crippen LogP contribution in [-0.4, -0.2) is 17.8 Å². The Morgan fingerprint density at radius 1 is 1.43 bits per heavy atom. The molecule has 3 heteroatoms. The lowest BCUT2D eigenvalue weighted by molar-refractivity contribution is 0.317. The van der Waals surface area contributed by atoms with E-state index in [0.29, 0.717) is 5.92 Å². The van der Waals surface area contributed by atoms with E-state index in [-0.39, 0.29) is 5.54 Å². The number of hydrogen-bond donors (Lipinski definition) is 1. The van der Waals surface area contributed by atoms with Crippen LogP contribution >= 0.6 is 11.8 Å². The minimum Gasteiger partial charge on any atom is -0.299 e. The average Bonchev–Trinajstić information content (AvgIpc) is 2.89. The highest BCUT2D eigenvalue weighted by atomic mass is 32.2. The number of benzene rings is 1. The zero-order valence-corrected chi connectivity index (χ0v) is 14.0. The molecule has 0 heterocycles. The molecule has 1 aromatic carbocycles. The molecule has 0 spiro atoms. The van der Waals surface area contributed by atoms with Gasteiger partial charge in [-0.15, -0.1) is 0 Å². The van der Waals surface area contributed by atoms with Gasteiger partial charge in [0.25, 0.3) is 0 Å². The minimum atomic E-state index is -0.252. The number of nitriles is 1. The third kappa shape index (κ3) is 4.02. The Hall–Kier alpha value is -0.980. The van der Waals surface area contributed by atoms with Crippen molar-refractivity contribution in [2.75, 3.05) is 12.3 Å². The van der Waals surface area contributed by atoms with Crippen LogP contribution in [0.2, 0.25) is 0 Å². The largest absolute Gasteiger partial charge is 0.299 e. The van der Waals surface area contributed by atoms with Gasteiger partial charge in [-0.25, -0.2) is 0 Å². The number of nitrogens with one attached hydrogen (secondary N) is 1. The lowest BCUT2D eigenvalue weighted by atomic mass is 9.86. The maximum Gasteiger partial charge on any atom is 0.109 e. The number of rotatable bonds is 7. The molecule has 0 saturated heterocycles. The van der Waals surface area contributed by atoms with Gasteiger partial charge in [0.2, 0.25) is 0 Å². The summed E-state index contributed by atoms with van der Waals surface area (Å²) in [5.74, 6) is 2.75. The molecule has 2 unspecified atom stereocenters. The third-order valence-corrected chi connectivity index (χ3v) is 5.68. The van der Waals surface area contributed by atoms with Crippen molar-refractivity contribution in [3.05, 3.63) is 35.4 Å². The molecule has 0 aromatic heterocycles. The fourth-order valence-electron chi connectivity index (χ4n) is 3.38. The van der Waals surface area contributed by atoms with Crippen LogP contribution in [0.1, 0.15) is 43.7 Å². The summed E-state index contributed by atoms with van der Waals surface area (Å²) in [6.07, 6.45) is 4.56. The second kappa shape index (κ2) is 7.87. The Balaban J connectivity index is 1.81. The number of nitrogens with zero attached hydrogens (tertiary/aromatic N) is 1. The van der Waals surface area contributed by atoms with Gasteiger partial charge in [0.05, 0.1) is 6.07 Å². The standard InChI is InChI=1S/C18H26N2S/c1-3-20-18(14-19)11-6-9-17(18)10-12-21-13-16-8-5-4-7-15(16)2/h4-5,7-8,17,20H,3,6,9-13H2,1-2H3. The molecule has 114 valence electrons. The highest BCUT2D eigenvalue weighted by molar-refractivity contribution is 7.98. The molecule has 1 aliphatic carbocycles. The molecule has 1 aromatic rings. The first-order valence-corrected chi connectivity index (χ1v) is 9.16. The van der Waals surface area contributed by atoms with Gasteiger partial charge in [-0.3, -0.25) is 5.32 Å². The van der Waals surface area contributed by atoms with Crippen LogP contribution in [-0.2, 0) is 5.75 Å². The van der Waals surface area contributed by atoms with Crippen molar-refractivity contribution in [3.8, 4) is 6.07 Å². The summed E-state index contributed by atoms with van der Waals surface area (Å²) in [5.41, 5.74) is 2.56. The molecule has 1 N–H and O–H groups in total.